The van der Waals surface area contributed by atoms with E-state index in [4.69, 9.17) is 4.98 Å². The van der Waals surface area contributed by atoms with Gasteiger partial charge in [-0.3, -0.25) is 4.57 Å². The van der Waals surface area contributed by atoms with Crippen LogP contribution in [0.2, 0.25) is 0 Å². The largest absolute Gasteiger partial charge is 0.292 e. The summed E-state index contributed by atoms with van der Waals surface area (Å²) in [6.45, 7) is 2.31. The van der Waals surface area contributed by atoms with Gasteiger partial charge in [-0.1, -0.05) is 153 Å². The predicted molar refractivity (Wildman–Crippen MR) is 242 cm³/mol. The molecule has 272 valence electrons. The number of nitriles is 1. The molecule has 3 heteroatoms. The van der Waals surface area contributed by atoms with Crippen LogP contribution in [0.5, 0.6) is 0 Å². The van der Waals surface area contributed by atoms with Crippen LogP contribution in [-0.4, -0.2) is 9.55 Å². The quantitative estimate of drug-likeness (QED) is 0.165. The van der Waals surface area contributed by atoms with E-state index in [1.807, 2.05) is 12.1 Å². The van der Waals surface area contributed by atoms with E-state index in [0.29, 0.717) is 5.56 Å². The average Bonchev–Trinajstić information content (AvgIpc) is 3.69. The van der Waals surface area contributed by atoms with Crippen LogP contribution >= 0.6 is 0 Å². The van der Waals surface area contributed by atoms with Crippen LogP contribution in [0.25, 0.3) is 87.6 Å². The molecule has 0 N–H and O–H groups in total. The minimum atomic E-state index is 0.182. The van der Waals surface area contributed by atoms with Gasteiger partial charge in [0.2, 0.25) is 0 Å². The summed E-state index contributed by atoms with van der Waals surface area (Å²) in [5.74, 6) is 1.37. The van der Waals surface area contributed by atoms with Gasteiger partial charge < -0.3 is 0 Å². The summed E-state index contributed by atoms with van der Waals surface area (Å²) in [5.41, 5.74) is 10.5. The Morgan fingerprint density at radius 1 is 0.534 bits per heavy atom. The van der Waals surface area contributed by atoms with Crippen LogP contribution in [0.15, 0.2) is 194 Å². The molecule has 9 aromatic carbocycles. The van der Waals surface area contributed by atoms with E-state index in [0.717, 1.165) is 50.4 Å². The summed E-state index contributed by atoms with van der Waals surface area (Å²) in [5, 5.41) is 20.2. The third-order valence-electron chi connectivity index (χ3n) is 12.1. The van der Waals surface area contributed by atoms with Gasteiger partial charge in [-0.15, -0.1) is 0 Å². The summed E-state index contributed by atoms with van der Waals surface area (Å²) in [4.78, 5) is 5.14. The number of fused-ring (bicyclic) bond motifs is 8. The molecule has 2 atom stereocenters. The first-order valence-electron chi connectivity index (χ1n) is 20.0. The molecule has 0 amide bonds. The molecule has 3 nitrogen and oxygen atoms in total. The number of benzene rings is 9. The first-order valence-corrected chi connectivity index (χ1v) is 20.0. The first kappa shape index (κ1) is 33.8. The van der Waals surface area contributed by atoms with Gasteiger partial charge in [-0.05, 0) is 125 Å². The molecular formula is C55H37N3. The van der Waals surface area contributed by atoms with Crippen molar-refractivity contribution >= 4 is 59.7 Å². The molecule has 0 saturated carbocycles. The predicted octanol–water partition coefficient (Wildman–Crippen LogP) is 14.2. The smallest absolute Gasteiger partial charge is 0.145 e. The number of rotatable bonds is 5. The molecule has 1 aromatic heterocycles. The molecule has 0 aliphatic heterocycles. The van der Waals surface area contributed by atoms with Crippen molar-refractivity contribution in [3.8, 4) is 34.0 Å². The van der Waals surface area contributed by atoms with E-state index in [1.54, 1.807) is 0 Å². The molecule has 0 radical (unpaired) electrons. The zero-order chi connectivity index (χ0) is 38.7. The third kappa shape index (κ3) is 5.45. The topological polar surface area (TPSA) is 41.6 Å². The van der Waals surface area contributed by atoms with Gasteiger partial charge >= 0.3 is 0 Å². The van der Waals surface area contributed by atoms with Crippen molar-refractivity contribution < 1.29 is 0 Å². The number of nitrogens with zero attached hydrogens (tertiary/aromatic N) is 3. The molecule has 0 fully saturated rings. The number of aromatic nitrogens is 2. The molecular weight excluding hydrogens is 703 g/mol. The molecule has 1 aliphatic carbocycles. The normalized spacial score (nSPS) is 15.3. The number of imidazole rings is 1. The standard InChI is InChI=1S/C55H37N3/c1-35-29-38(55-57-53-21-11-12-22-54(53)58(55)41-13-3-2-4-14-41)24-25-42(35)50-28-27-43(44-15-5-6-16-45(44)50)40-31-36(34-56)30-39(32-40)37-23-26-51-48-19-8-7-17-46(48)47-18-9-10-20-49(47)52(51)33-37/h2-33,35,42H,1H3. The Hall–Kier alpha value is -7.54. The van der Waals surface area contributed by atoms with Crippen molar-refractivity contribution in [2.75, 3.05) is 0 Å². The van der Waals surface area contributed by atoms with Crippen LogP contribution in [0, 0.1) is 17.2 Å². The third-order valence-corrected chi connectivity index (χ3v) is 12.1. The maximum Gasteiger partial charge on any atom is 0.145 e. The van der Waals surface area contributed by atoms with Crippen molar-refractivity contribution in [3.05, 3.63) is 211 Å². The second-order valence-corrected chi connectivity index (χ2v) is 15.5. The zero-order valence-electron chi connectivity index (χ0n) is 32.0. The fraction of sp³-hybridized carbons (Fsp3) is 0.0545. The molecule has 11 rings (SSSR count). The zero-order valence-corrected chi connectivity index (χ0v) is 32.0. The summed E-state index contributed by atoms with van der Waals surface area (Å²) < 4.78 is 2.27. The van der Waals surface area contributed by atoms with E-state index >= 15 is 0 Å². The van der Waals surface area contributed by atoms with Crippen LogP contribution < -0.4 is 0 Å². The van der Waals surface area contributed by atoms with Crippen LogP contribution in [0.3, 0.4) is 0 Å². The summed E-state index contributed by atoms with van der Waals surface area (Å²) in [6.07, 6.45) is 7.00. The summed E-state index contributed by atoms with van der Waals surface area (Å²) >= 11 is 0. The van der Waals surface area contributed by atoms with Crippen molar-refractivity contribution in [2.45, 2.75) is 12.8 Å². The highest BCUT2D eigenvalue weighted by molar-refractivity contribution is 6.25. The fourth-order valence-electron chi connectivity index (χ4n) is 9.39. The Labute approximate surface area is 337 Å². The van der Waals surface area contributed by atoms with E-state index in [9.17, 15) is 5.26 Å². The molecule has 1 aliphatic rings. The Kier molecular flexibility index (Phi) is 7.91. The lowest BCUT2D eigenvalue weighted by atomic mass is 9.79. The maximum atomic E-state index is 10.3. The van der Waals surface area contributed by atoms with Crippen LogP contribution in [-0.2, 0) is 0 Å². The Morgan fingerprint density at radius 2 is 1.16 bits per heavy atom. The number of hydrogen-bond acceptors (Lipinski definition) is 2. The molecule has 2 unspecified atom stereocenters. The second kappa shape index (κ2) is 13.6. The molecule has 0 bridgehead atoms. The van der Waals surface area contributed by atoms with Gasteiger partial charge in [-0.2, -0.15) is 5.26 Å². The molecule has 10 aromatic rings. The number of hydrogen-bond donors (Lipinski definition) is 0. The molecule has 1 heterocycles. The van der Waals surface area contributed by atoms with Crippen molar-refractivity contribution in [1.29, 1.82) is 5.26 Å². The minimum absolute atomic E-state index is 0.182. The highest BCUT2D eigenvalue weighted by atomic mass is 15.1. The van der Waals surface area contributed by atoms with Gasteiger partial charge in [0, 0.05) is 17.2 Å². The second-order valence-electron chi connectivity index (χ2n) is 15.5. The Bertz CT molecular complexity index is 3340. The lowest BCUT2D eigenvalue weighted by molar-refractivity contribution is 0.641. The lowest BCUT2D eigenvalue weighted by Crippen LogP contribution is -2.11. The van der Waals surface area contributed by atoms with Crippen molar-refractivity contribution in [2.24, 2.45) is 5.92 Å². The van der Waals surface area contributed by atoms with Gasteiger partial charge in [0.25, 0.3) is 0 Å². The van der Waals surface area contributed by atoms with Gasteiger partial charge in [-0.25, -0.2) is 4.98 Å². The van der Waals surface area contributed by atoms with Gasteiger partial charge in [0.05, 0.1) is 22.7 Å². The first-order chi connectivity index (χ1) is 28.6. The van der Waals surface area contributed by atoms with E-state index < -0.39 is 0 Å². The average molecular weight is 740 g/mol. The fourth-order valence-corrected chi connectivity index (χ4v) is 9.39. The molecule has 0 saturated heterocycles. The van der Waals surface area contributed by atoms with E-state index in [2.05, 4.69) is 200 Å². The van der Waals surface area contributed by atoms with Crippen molar-refractivity contribution in [3.63, 3.8) is 0 Å². The van der Waals surface area contributed by atoms with Crippen LogP contribution in [0.1, 0.15) is 29.8 Å². The minimum Gasteiger partial charge on any atom is -0.292 e. The highest BCUT2D eigenvalue weighted by Gasteiger charge is 2.25. The summed E-state index contributed by atoms with van der Waals surface area (Å²) in [6, 6.07) is 65.0. The molecule has 58 heavy (non-hydrogen) atoms. The number of allylic oxidation sites excluding steroid dienone is 4. The van der Waals surface area contributed by atoms with E-state index in [-0.39, 0.29) is 11.8 Å². The lowest BCUT2D eigenvalue weighted by Gasteiger charge is -2.26. The van der Waals surface area contributed by atoms with Crippen LogP contribution in [0.4, 0.5) is 0 Å². The monoisotopic (exact) mass is 739 g/mol. The van der Waals surface area contributed by atoms with E-state index in [1.165, 1.54) is 48.7 Å². The maximum absolute atomic E-state index is 10.3. The van der Waals surface area contributed by atoms with Gasteiger partial charge in [0.1, 0.15) is 5.82 Å². The number of para-hydroxylation sites is 3. The highest BCUT2D eigenvalue weighted by Crippen LogP contribution is 2.43. The Morgan fingerprint density at radius 3 is 1.88 bits per heavy atom. The molecule has 0 spiro atoms. The van der Waals surface area contributed by atoms with Crippen molar-refractivity contribution in [1.82, 2.24) is 9.55 Å². The van der Waals surface area contributed by atoms with Gasteiger partial charge in [0.15, 0.2) is 0 Å². The SMILES string of the molecule is CC1C=C(c2nc3ccccc3n2-c2ccccc2)C=CC1c1ccc(-c2cc(C#N)cc(-c3ccc4c5ccccc5c5ccccc5c4c3)c2)c2ccccc12. The Balaban J connectivity index is 0.991. The summed E-state index contributed by atoms with van der Waals surface area (Å²) in [7, 11) is 0.